The van der Waals surface area contributed by atoms with E-state index in [0.29, 0.717) is 67.6 Å². The van der Waals surface area contributed by atoms with E-state index in [2.05, 4.69) is 20.4 Å². The van der Waals surface area contributed by atoms with Crippen LogP contribution in [0.1, 0.15) is 40.5 Å². The molecule has 0 radical (unpaired) electrons. The Balaban J connectivity index is 1.13. The SMILES string of the molecule is COc1ccc(C2C3SCCN3C3(C(=O)Nc4ccc(Cl)cc43)C2C(=O)CC(=O)C2C3CSCN3C3(C(=O)Nc4ccc(Cl)cc43)C2c2ccc(O)c(OC)c2)cc1O. The average Bonchev–Trinajstić information content (AvgIpc) is 4.06. The normalized spacial score (nSPS) is 30.3. The number of methoxy groups -OCH3 is 2. The summed E-state index contributed by atoms with van der Waals surface area (Å²) in [6.07, 6.45) is -0.537. The summed E-state index contributed by atoms with van der Waals surface area (Å²) >= 11 is 16.5. The van der Waals surface area contributed by atoms with E-state index >= 15 is 9.59 Å². The average molecular weight is 874 g/mol. The zero-order chi connectivity index (χ0) is 41.1. The number of rotatable bonds is 8. The van der Waals surface area contributed by atoms with Gasteiger partial charge in [0.05, 0.1) is 31.9 Å². The van der Waals surface area contributed by atoms with E-state index in [0.717, 1.165) is 0 Å². The summed E-state index contributed by atoms with van der Waals surface area (Å²) in [4.78, 5) is 64.7. The second-order valence-corrected chi connectivity index (χ2v) is 18.9. The molecule has 6 aliphatic heterocycles. The van der Waals surface area contributed by atoms with Crippen LogP contribution in [0, 0.1) is 11.8 Å². The molecule has 304 valence electrons. The van der Waals surface area contributed by atoms with Crippen LogP contribution in [-0.4, -0.2) is 93.0 Å². The maximum atomic E-state index is 15.6. The highest BCUT2D eigenvalue weighted by molar-refractivity contribution is 8.00. The molecule has 8 atom stereocenters. The van der Waals surface area contributed by atoms with Crippen molar-refractivity contribution in [1.82, 2.24) is 9.80 Å². The van der Waals surface area contributed by atoms with Crippen LogP contribution in [0.25, 0.3) is 0 Å². The van der Waals surface area contributed by atoms with Crippen molar-refractivity contribution in [2.45, 2.75) is 40.8 Å². The molecule has 0 bridgehead atoms. The van der Waals surface area contributed by atoms with Crippen LogP contribution >= 0.6 is 46.7 Å². The second kappa shape index (κ2) is 14.1. The van der Waals surface area contributed by atoms with Gasteiger partial charge in [-0.05, 0) is 71.8 Å². The van der Waals surface area contributed by atoms with Gasteiger partial charge in [-0.1, -0.05) is 35.3 Å². The predicted molar refractivity (Wildman–Crippen MR) is 226 cm³/mol. The van der Waals surface area contributed by atoms with Gasteiger partial charge in [0.15, 0.2) is 23.0 Å². The summed E-state index contributed by atoms with van der Waals surface area (Å²) in [6.45, 7) is 0.492. The topological polar surface area (TPSA) is 158 Å². The van der Waals surface area contributed by atoms with Gasteiger partial charge in [-0.15, -0.1) is 23.5 Å². The summed E-state index contributed by atoms with van der Waals surface area (Å²) in [7, 11) is 2.89. The highest BCUT2D eigenvalue weighted by Gasteiger charge is 2.72. The Morgan fingerprint density at radius 3 is 2.14 bits per heavy atom. The largest absolute Gasteiger partial charge is 0.504 e. The van der Waals surface area contributed by atoms with Gasteiger partial charge in [-0.2, -0.15) is 0 Å². The summed E-state index contributed by atoms with van der Waals surface area (Å²) in [5.41, 5.74) is 0.618. The molecule has 0 aromatic heterocycles. The van der Waals surface area contributed by atoms with Crippen molar-refractivity contribution in [1.29, 1.82) is 0 Å². The number of thioether (sulfide) groups is 2. The first-order chi connectivity index (χ1) is 28.4. The van der Waals surface area contributed by atoms with Crippen LogP contribution in [0.3, 0.4) is 0 Å². The fourth-order valence-electron chi connectivity index (χ4n) is 11.1. The molecule has 4 aromatic rings. The first kappa shape index (κ1) is 38.7. The number of phenolic OH excluding ortho intramolecular Hbond substituents is 2. The van der Waals surface area contributed by atoms with Crippen molar-refractivity contribution in [3.8, 4) is 23.0 Å². The van der Waals surface area contributed by atoms with Crippen LogP contribution in [0.5, 0.6) is 23.0 Å². The third kappa shape index (κ3) is 5.32. The zero-order valence-corrected chi connectivity index (χ0v) is 34.9. The summed E-state index contributed by atoms with van der Waals surface area (Å²) < 4.78 is 10.9. The van der Waals surface area contributed by atoms with Crippen LogP contribution in [0.4, 0.5) is 11.4 Å². The van der Waals surface area contributed by atoms with E-state index in [1.165, 1.54) is 20.3 Å². The summed E-state index contributed by atoms with van der Waals surface area (Å²) in [5.74, 6) is -3.06. The number of amides is 2. The van der Waals surface area contributed by atoms with Gasteiger partial charge < -0.3 is 30.3 Å². The van der Waals surface area contributed by atoms with Crippen LogP contribution in [0.2, 0.25) is 10.0 Å². The van der Waals surface area contributed by atoms with Gasteiger partial charge >= 0.3 is 0 Å². The Morgan fingerprint density at radius 1 is 0.797 bits per heavy atom. The Morgan fingerprint density at radius 2 is 1.46 bits per heavy atom. The molecular weight excluding hydrogens is 836 g/mol. The number of benzene rings is 4. The minimum Gasteiger partial charge on any atom is -0.504 e. The molecule has 16 heteroatoms. The van der Waals surface area contributed by atoms with Crippen molar-refractivity contribution in [3.63, 3.8) is 0 Å². The van der Waals surface area contributed by atoms with E-state index in [-0.39, 0.29) is 46.0 Å². The van der Waals surface area contributed by atoms with Gasteiger partial charge in [-0.3, -0.25) is 29.0 Å². The van der Waals surface area contributed by atoms with E-state index < -0.39 is 53.0 Å². The van der Waals surface area contributed by atoms with Crippen molar-refractivity contribution >= 4 is 81.5 Å². The lowest BCUT2D eigenvalue weighted by Gasteiger charge is -2.38. The fraction of sp³-hybridized carbons (Fsp3) is 0.349. The first-order valence-electron chi connectivity index (χ1n) is 19.2. The van der Waals surface area contributed by atoms with Crippen molar-refractivity contribution in [3.05, 3.63) is 105 Å². The summed E-state index contributed by atoms with van der Waals surface area (Å²) in [6, 6.07) is 19.8. The molecule has 8 unspecified atom stereocenters. The van der Waals surface area contributed by atoms with Crippen LogP contribution in [-0.2, 0) is 30.3 Å². The lowest BCUT2D eigenvalue weighted by molar-refractivity contribution is -0.139. The van der Waals surface area contributed by atoms with Crippen molar-refractivity contribution in [2.75, 3.05) is 48.8 Å². The van der Waals surface area contributed by atoms with E-state index in [9.17, 15) is 19.8 Å². The van der Waals surface area contributed by atoms with Crippen LogP contribution < -0.4 is 20.1 Å². The molecule has 0 aliphatic carbocycles. The van der Waals surface area contributed by atoms with Gasteiger partial charge in [0.1, 0.15) is 22.6 Å². The lowest BCUT2D eigenvalue weighted by atomic mass is 9.67. The third-order valence-corrected chi connectivity index (χ3v) is 16.1. The number of ether oxygens (including phenoxy) is 2. The monoisotopic (exact) mass is 872 g/mol. The van der Waals surface area contributed by atoms with Gasteiger partial charge in [0.2, 0.25) is 11.8 Å². The molecule has 2 spiro atoms. The number of hydrogen-bond donors (Lipinski definition) is 4. The molecule has 0 saturated carbocycles. The fourth-order valence-corrected chi connectivity index (χ4v) is 14.3. The van der Waals surface area contributed by atoms with Crippen molar-refractivity contribution < 1.29 is 38.9 Å². The Labute approximate surface area is 357 Å². The third-order valence-electron chi connectivity index (χ3n) is 13.3. The first-order valence-corrected chi connectivity index (χ1v) is 22.2. The quantitative estimate of drug-likeness (QED) is 0.142. The minimum absolute atomic E-state index is 0.104. The van der Waals surface area contributed by atoms with E-state index in [1.807, 2.05) is 0 Å². The van der Waals surface area contributed by atoms with Gasteiger partial charge in [0, 0.05) is 80.3 Å². The molecule has 2 amide bonds. The smallest absolute Gasteiger partial charge is 0.250 e. The number of Topliss-reactive ketones (excluding diaryl/α,β-unsaturated/α-hetero) is 2. The number of fused-ring (bicyclic) bond motifs is 8. The number of hydrogen-bond acceptors (Lipinski definition) is 12. The number of ketones is 2. The second-order valence-electron chi connectivity index (χ2n) is 15.8. The molecule has 59 heavy (non-hydrogen) atoms. The van der Waals surface area contributed by atoms with Gasteiger partial charge in [0.25, 0.3) is 0 Å². The van der Waals surface area contributed by atoms with Gasteiger partial charge in [-0.25, -0.2) is 0 Å². The molecule has 4 N–H and O–H groups in total. The predicted octanol–water partition coefficient (Wildman–Crippen LogP) is 6.52. The van der Waals surface area contributed by atoms with E-state index in [1.54, 1.807) is 90.3 Å². The number of nitrogens with one attached hydrogen (secondary N) is 2. The maximum Gasteiger partial charge on any atom is 0.250 e. The molecule has 10 rings (SSSR count). The number of nitrogens with zero attached hydrogens (tertiary/aromatic N) is 2. The number of carbonyl (C=O) groups excluding carboxylic acids is 4. The number of halogens is 2. The van der Waals surface area contributed by atoms with Crippen molar-refractivity contribution in [2.24, 2.45) is 11.8 Å². The minimum atomic E-state index is -1.51. The number of anilines is 2. The maximum absolute atomic E-state index is 15.6. The molecule has 12 nitrogen and oxygen atoms in total. The lowest BCUT2D eigenvalue weighted by Crippen LogP contribution is -2.53. The highest BCUT2D eigenvalue weighted by atomic mass is 35.5. The standard InChI is InChI=1S/C43H38Cl2N4O8S2/c1-56-33-10-4-20(13-30(33)51)35-38(43(48-11-12-59-39(35)48)25-16-23(45)6-8-27(25)47-41(43)55)32(53)17-31(52)36-28-18-58-19-49(28)42(24-15-22(44)5-7-26(24)46-40(42)54)37(36)21-3-9-29(50)34(14-21)57-2/h3-10,13-16,28,35-39,50-51H,11-12,17-19H2,1-2H3,(H,46,54)(H,47,55). The summed E-state index contributed by atoms with van der Waals surface area (Å²) in [5, 5.41) is 28.3. The Hall–Kier alpha value is -4.44. The van der Waals surface area contributed by atoms with Crippen LogP contribution in [0.15, 0.2) is 72.8 Å². The number of aromatic hydroxyl groups is 2. The molecule has 6 heterocycles. The Bertz CT molecular complexity index is 2510. The molecule has 4 aromatic carbocycles. The zero-order valence-electron chi connectivity index (χ0n) is 31.7. The number of phenols is 2. The molecular formula is C43H38Cl2N4O8S2. The highest BCUT2D eigenvalue weighted by Crippen LogP contribution is 2.65. The Kier molecular flexibility index (Phi) is 9.24. The van der Waals surface area contributed by atoms with E-state index in [4.69, 9.17) is 32.7 Å². The number of carbonyl (C=O) groups is 4. The molecule has 4 saturated heterocycles. The molecule has 6 aliphatic rings. The molecule has 4 fully saturated rings.